The number of ether oxygens (including phenoxy) is 1. The molecule has 0 bridgehead atoms. The Morgan fingerprint density at radius 1 is 1.13 bits per heavy atom. The van der Waals surface area contributed by atoms with Gasteiger partial charge in [0.2, 0.25) is 0 Å². The van der Waals surface area contributed by atoms with E-state index in [4.69, 9.17) is 4.74 Å². The third-order valence-corrected chi connectivity index (χ3v) is 3.36. The van der Waals surface area contributed by atoms with Crippen LogP contribution in [-0.4, -0.2) is 21.3 Å². The maximum absolute atomic E-state index is 13.2. The van der Waals surface area contributed by atoms with Crippen LogP contribution >= 0.6 is 0 Å². The predicted octanol–water partition coefficient (Wildman–Crippen LogP) is 3.26. The summed E-state index contributed by atoms with van der Waals surface area (Å²) < 4.78 is 33.4. The first-order valence-electron chi connectivity index (χ1n) is 6.98. The van der Waals surface area contributed by atoms with Gasteiger partial charge in [-0.3, -0.25) is 0 Å². The smallest absolute Gasteiger partial charge is 0.159 e. The second-order valence-corrected chi connectivity index (χ2v) is 4.97. The van der Waals surface area contributed by atoms with Gasteiger partial charge in [-0.05, 0) is 29.8 Å². The van der Waals surface area contributed by atoms with E-state index in [0.717, 1.165) is 17.8 Å². The van der Waals surface area contributed by atoms with E-state index in [1.54, 1.807) is 30.9 Å². The molecule has 0 amide bonds. The average molecular weight is 316 g/mol. The highest BCUT2D eigenvalue weighted by Gasteiger charge is 2.12. The molecule has 0 aliphatic heterocycles. The number of aliphatic hydroxyl groups excluding tert-OH is 1. The molecule has 3 rings (SSSR count). The molecule has 0 saturated heterocycles. The number of hydrogen-bond acceptors (Lipinski definition) is 3. The Morgan fingerprint density at radius 2 is 2.00 bits per heavy atom. The van der Waals surface area contributed by atoms with Crippen LogP contribution in [0.5, 0.6) is 5.75 Å². The first kappa shape index (κ1) is 15.2. The van der Waals surface area contributed by atoms with Gasteiger partial charge in [-0.1, -0.05) is 12.1 Å². The second-order valence-electron chi connectivity index (χ2n) is 4.97. The van der Waals surface area contributed by atoms with Crippen molar-refractivity contribution in [1.82, 2.24) is 9.55 Å². The van der Waals surface area contributed by atoms with Crippen molar-refractivity contribution >= 4 is 0 Å². The quantitative estimate of drug-likeness (QED) is 0.786. The molecule has 0 aliphatic carbocycles. The highest BCUT2D eigenvalue weighted by molar-refractivity contribution is 5.39. The minimum atomic E-state index is -1.05. The van der Waals surface area contributed by atoms with E-state index in [1.165, 1.54) is 6.07 Å². The van der Waals surface area contributed by atoms with Crippen LogP contribution in [0.1, 0.15) is 11.7 Å². The Kier molecular flexibility index (Phi) is 4.34. The van der Waals surface area contributed by atoms with Gasteiger partial charge in [0, 0.05) is 18.5 Å². The summed E-state index contributed by atoms with van der Waals surface area (Å²) in [5.41, 5.74) is 1.12. The van der Waals surface area contributed by atoms with Gasteiger partial charge in [0.1, 0.15) is 18.5 Å². The van der Waals surface area contributed by atoms with Crippen LogP contribution in [0.3, 0.4) is 0 Å². The van der Waals surface area contributed by atoms with Gasteiger partial charge in [-0.15, -0.1) is 0 Å². The summed E-state index contributed by atoms with van der Waals surface area (Å²) in [7, 11) is 0. The van der Waals surface area contributed by atoms with Crippen molar-refractivity contribution in [2.45, 2.75) is 6.10 Å². The van der Waals surface area contributed by atoms with E-state index >= 15 is 0 Å². The Morgan fingerprint density at radius 3 is 2.74 bits per heavy atom. The van der Waals surface area contributed by atoms with E-state index in [1.807, 2.05) is 16.7 Å². The normalized spacial score (nSPS) is 12.1. The molecule has 1 atom stereocenters. The Hall–Kier alpha value is -2.73. The molecular weight excluding hydrogens is 302 g/mol. The van der Waals surface area contributed by atoms with Crippen LogP contribution in [-0.2, 0) is 0 Å². The van der Waals surface area contributed by atoms with Gasteiger partial charge in [0.25, 0.3) is 0 Å². The second kappa shape index (κ2) is 6.58. The lowest BCUT2D eigenvalue weighted by atomic mass is 10.1. The van der Waals surface area contributed by atoms with Gasteiger partial charge >= 0.3 is 0 Å². The SMILES string of the molecule is OC(COc1cccc(-n2ccnc2)c1)c1ccc(F)c(F)c1. The number of aromatic nitrogens is 2. The van der Waals surface area contributed by atoms with Crippen LogP contribution in [0.25, 0.3) is 5.69 Å². The molecule has 0 fully saturated rings. The van der Waals surface area contributed by atoms with Crippen LogP contribution in [0.2, 0.25) is 0 Å². The van der Waals surface area contributed by atoms with Gasteiger partial charge in [-0.2, -0.15) is 0 Å². The number of halogens is 2. The molecule has 4 nitrogen and oxygen atoms in total. The van der Waals surface area contributed by atoms with E-state index in [9.17, 15) is 13.9 Å². The van der Waals surface area contributed by atoms with E-state index in [0.29, 0.717) is 5.75 Å². The van der Waals surface area contributed by atoms with Gasteiger partial charge < -0.3 is 14.4 Å². The summed E-state index contributed by atoms with van der Waals surface area (Å²) in [5.74, 6) is -1.39. The molecule has 0 saturated carbocycles. The first-order chi connectivity index (χ1) is 11.1. The fraction of sp³-hybridized carbons (Fsp3) is 0.118. The van der Waals surface area contributed by atoms with Crippen molar-refractivity contribution in [2.24, 2.45) is 0 Å². The molecule has 0 spiro atoms. The minimum Gasteiger partial charge on any atom is -0.490 e. The maximum atomic E-state index is 13.2. The third-order valence-electron chi connectivity index (χ3n) is 3.36. The van der Waals surface area contributed by atoms with Crippen molar-refractivity contribution in [3.63, 3.8) is 0 Å². The molecular formula is C17H14F2N2O2. The third kappa shape index (κ3) is 3.54. The molecule has 3 aromatic rings. The highest BCUT2D eigenvalue weighted by atomic mass is 19.2. The number of benzene rings is 2. The lowest BCUT2D eigenvalue weighted by Crippen LogP contribution is -2.10. The molecule has 23 heavy (non-hydrogen) atoms. The molecule has 1 heterocycles. The predicted molar refractivity (Wildman–Crippen MR) is 80.4 cm³/mol. The Labute approximate surface area is 131 Å². The Bertz CT molecular complexity index is 791. The number of hydrogen-bond donors (Lipinski definition) is 1. The largest absolute Gasteiger partial charge is 0.490 e. The first-order valence-corrected chi connectivity index (χ1v) is 6.98. The molecule has 1 aromatic heterocycles. The molecule has 118 valence electrons. The van der Waals surface area contributed by atoms with E-state index < -0.39 is 17.7 Å². The summed E-state index contributed by atoms with van der Waals surface area (Å²) in [4.78, 5) is 3.97. The standard InChI is InChI=1S/C17H14F2N2O2/c18-15-5-4-12(8-16(15)19)17(22)10-23-14-3-1-2-13(9-14)21-7-6-20-11-21/h1-9,11,17,22H,10H2. The van der Waals surface area contributed by atoms with Crippen molar-refractivity contribution < 1.29 is 18.6 Å². The molecule has 0 aliphatic rings. The van der Waals surface area contributed by atoms with Gasteiger partial charge in [0.15, 0.2) is 11.6 Å². The van der Waals surface area contributed by atoms with E-state index in [-0.39, 0.29) is 12.2 Å². The summed E-state index contributed by atoms with van der Waals surface area (Å²) in [6.07, 6.45) is 4.08. The summed E-state index contributed by atoms with van der Waals surface area (Å²) in [6, 6.07) is 10.5. The van der Waals surface area contributed by atoms with E-state index in [2.05, 4.69) is 4.98 Å². The number of aliphatic hydroxyl groups is 1. The fourth-order valence-corrected chi connectivity index (χ4v) is 2.14. The van der Waals surface area contributed by atoms with Crippen LogP contribution in [0.15, 0.2) is 61.2 Å². The number of rotatable bonds is 5. The summed E-state index contributed by atoms with van der Waals surface area (Å²) in [5, 5.41) is 10.0. The van der Waals surface area contributed by atoms with Crippen molar-refractivity contribution in [3.8, 4) is 11.4 Å². The topological polar surface area (TPSA) is 47.3 Å². The monoisotopic (exact) mass is 316 g/mol. The minimum absolute atomic E-state index is 0.0710. The highest BCUT2D eigenvalue weighted by Crippen LogP contribution is 2.20. The van der Waals surface area contributed by atoms with Crippen molar-refractivity contribution in [2.75, 3.05) is 6.61 Å². The Balaban J connectivity index is 1.68. The molecule has 6 heteroatoms. The molecule has 1 N–H and O–H groups in total. The van der Waals surface area contributed by atoms with Crippen LogP contribution < -0.4 is 4.74 Å². The van der Waals surface area contributed by atoms with Gasteiger partial charge in [-0.25, -0.2) is 13.8 Å². The maximum Gasteiger partial charge on any atom is 0.159 e. The summed E-state index contributed by atoms with van der Waals surface area (Å²) in [6.45, 7) is -0.0710. The van der Waals surface area contributed by atoms with Crippen LogP contribution in [0, 0.1) is 11.6 Å². The number of nitrogens with zero attached hydrogens (tertiary/aromatic N) is 2. The van der Waals surface area contributed by atoms with Crippen molar-refractivity contribution in [3.05, 3.63) is 78.4 Å². The molecule has 0 radical (unpaired) electrons. The average Bonchev–Trinajstić information content (AvgIpc) is 3.10. The van der Waals surface area contributed by atoms with Crippen LogP contribution in [0.4, 0.5) is 8.78 Å². The zero-order valence-corrected chi connectivity index (χ0v) is 12.1. The molecule has 2 aromatic carbocycles. The zero-order chi connectivity index (χ0) is 16.2. The van der Waals surface area contributed by atoms with Gasteiger partial charge in [0.05, 0.1) is 12.0 Å². The zero-order valence-electron chi connectivity index (χ0n) is 12.1. The summed E-state index contributed by atoms with van der Waals surface area (Å²) >= 11 is 0. The molecule has 1 unspecified atom stereocenters. The lowest BCUT2D eigenvalue weighted by molar-refractivity contribution is 0.108. The number of imidazole rings is 1. The fourth-order valence-electron chi connectivity index (χ4n) is 2.14. The lowest BCUT2D eigenvalue weighted by Gasteiger charge is -2.13. The van der Waals surface area contributed by atoms with Crippen molar-refractivity contribution in [1.29, 1.82) is 0 Å².